The van der Waals surface area contributed by atoms with Crippen LogP contribution in [0.15, 0.2) is 29.4 Å². The summed E-state index contributed by atoms with van der Waals surface area (Å²) < 4.78 is 13.0. The van der Waals surface area contributed by atoms with Crippen LogP contribution in [0.3, 0.4) is 0 Å². The van der Waals surface area contributed by atoms with Gasteiger partial charge in [0.05, 0.1) is 0 Å². The van der Waals surface area contributed by atoms with Gasteiger partial charge in [-0.15, -0.1) is 0 Å². The Bertz CT molecular complexity index is 352. The average Bonchev–Trinajstić information content (AvgIpc) is 2.15. The third-order valence-electron chi connectivity index (χ3n) is 1.54. The maximum atomic E-state index is 13.0. The molecular formula is C9H10FN3S. The fourth-order valence-corrected chi connectivity index (χ4v) is 0.970. The Hall–Kier alpha value is -1.49. The van der Waals surface area contributed by atoms with Gasteiger partial charge >= 0.3 is 0 Å². The lowest BCUT2D eigenvalue weighted by Crippen LogP contribution is -2.24. The molecule has 5 heteroatoms. The summed E-state index contributed by atoms with van der Waals surface area (Å²) in [5, 5.41) is 3.79. The van der Waals surface area contributed by atoms with E-state index in [1.54, 1.807) is 18.2 Å². The van der Waals surface area contributed by atoms with E-state index in [1.807, 2.05) is 0 Å². The van der Waals surface area contributed by atoms with Gasteiger partial charge in [-0.05, 0) is 23.8 Å². The van der Waals surface area contributed by atoms with Crippen LogP contribution >= 0.6 is 12.2 Å². The van der Waals surface area contributed by atoms with Gasteiger partial charge in [-0.3, -0.25) is 5.43 Å². The minimum atomic E-state index is -0.241. The van der Waals surface area contributed by atoms with Gasteiger partial charge in [-0.25, -0.2) is 4.39 Å². The Kier molecular flexibility index (Phi) is 4.00. The summed E-state index contributed by atoms with van der Waals surface area (Å²) >= 11 is 4.53. The number of nitrogens with zero attached hydrogens (tertiary/aromatic N) is 1. The second kappa shape index (κ2) is 5.29. The van der Waals surface area contributed by atoms with Crippen molar-refractivity contribution in [1.82, 2.24) is 5.43 Å². The molecule has 0 atom stereocenters. The Morgan fingerprint density at radius 3 is 2.93 bits per heavy atom. The summed E-state index contributed by atoms with van der Waals surface area (Å²) in [5.74, 6) is -0.241. The predicted octanol–water partition coefficient (Wildman–Crippen LogP) is 1.19. The first kappa shape index (κ1) is 10.6. The zero-order valence-electron chi connectivity index (χ0n) is 7.40. The molecule has 0 saturated carbocycles. The third-order valence-corrected chi connectivity index (χ3v) is 1.63. The van der Waals surface area contributed by atoms with Crippen molar-refractivity contribution in [1.29, 1.82) is 0 Å². The third kappa shape index (κ3) is 3.49. The molecule has 0 saturated heterocycles. The van der Waals surface area contributed by atoms with Crippen LogP contribution in [0.25, 0.3) is 0 Å². The number of benzene rings is 1. The van der Waals surface area contributed by atoms with Crippen LogP contribution in [0.5, 0.6) is 0 Å². The first-order chi connectivity index (χ1) is 6.70. The molecule has 1 aromatic carbocycles. The molecule has 0 aliphatic heterocycles. The Morgan fingerprint density at radius 1 is 1.57 bits per heavy atom. The number of hydrogen-bond acceptors (Lipinski definition) is 2. The van der Waals surface area contributed by atoms with E-state index >= 15 is 0 Å². The lowest BCUT2D eigenvalue weighted by atomic mass is 10.1. The van der Waals surface area contributed by atoms with Crippen molar-refractivity contribution in [2.75, 3.05) is 0 Å². The monoisotopic (exact) mass is 211 g/mol. The van der Waals surface area contributed by atoms with Crippen LogP contribution in [-0.2, 0) is 6.42 Å². The average molecular weight is 211 g/mol. The van der Waals surface area contributed by atoms with Crippen molar-refractivity contribution in [3.63, 3.8) is 0 Å². The molecule has 0 unspecified atom stereocenters. The van der Waals surface area contributed by atoms with Crippen molar-refractivity contribution in [2.24, 2.45) is 10.8 Å². The van der Waals surface area contributed by atoms with Gasteiger partial charge in [0.2, 0.25) is 0 Å². The van der Waals surface area contributed by atoms with Crippen molar-refractivity contribution in [3.05, 3.63) is 35.6 Å². The van der Waals surface area contributed by atoms with Crippen molar-refractivity contribution in [2.45, 2.75) is 6.42 Å². The summed E-state index contributed by atoms with van der Waals surface area (Å²) in [5.41, 5.74) is 8.11. The standard InChI is InChI=1S/C9H10FN3S/c10-8-4-2-1-3-7(8)5-6-12-13-9(11)14/h1-4,6H,5H2,(H3,11,13,14). The van der Waals surface area contributed by atoms with E-state index in [1.165, 1.54) is 12.3 Å². The Balaban J connectivity index is 2.49. The summed E-state index contributed by atoms with van der Waals surface area (Å²) in [4.78, 5) is 0. The molecule has 0 radical (unpaired) electrons. The number of nitrogens with two attached hydrogens (primary N) is 1. The molecule has 1 aromatic rings. The molecule has 0 spiro atoms. The van der Waals surface area contributed by atoms with Gasteiger partial charge in [-0.2, -0.15) is 5.10 Å². The molecule has 1 rings (SSSR count). The molecule has 0 aromatic heterocycles. The largest absolute Gasteiger partial charge is 0.375 e. The van der Waals surface area contributed by atoms with E-state index in [-0.39, 0.29) is 10.9 Å². The van der Waals surface area contributed by atoms with E-state index < -0.39 is 0 Å². The van der Waals surface area contributed by atoms with Gasteiger partial charge in [-0.1, -0.05) is 18.2 Å². The second-order valence-electron chi connectivity index (χ2n) is 2.58. The van der Waals surface area contributed by atoms with Crippen molar-refractivity contribution < 1.29 is 4.39 Å². The van der Waals surface area contributed by atoms with Gasteiger partial charge in [0.1, 0.15) is 5.82 Å². The maximum absolute atomic E-state index is 13.0. The van der Waals surface area contributed by atoms with Crippen LogP contribution in [0, 0.1) is 5.82 Å². The lowest BCUT2D eigenvalue weighted by Gasteiger charge is -1.97. The number of hydrazone groups is 1. The second-order valence-corrected chi connectivity index (χ2v) is 3.02. The molecule has 0 aliphatic rings. The highest BCUT2D eigenvalue weighted by atomic mass is 32.1. The highest BCUT2D eigenvalue weighted by molar-refractivity contribution is 7.80. The molecule has 3 N–H and O–H groups in total. The SMILES string of the molecule is NC(=S)NN=CCc1ccccc1F. The van der Waals surface area contributed by atoms with Crippen LogP contribution in [0.2, 0.25) is 0 Å². The van der Waals surface area contributed by atoms with E-state index in [0.29, 0.717) is 12.0 Å². The summed E-state index contributed by atoms with van der Waals surface area (Å²) in [6.07, 6.45) is 1.92. The predicted molar refractivity (Wildman–Crippen MR) is 58.5 cm³/mol. The quantitative estimate of drug-likeness (QED) is 0.448. The van der Waals surface area contributed by atoms with Gasteiger partial charge in [0.15, 0.2) is 5.11 Å². The van der Waals surface area contributed by atoms with Gasteiger partial charge < -0.3 is 5.73 Å². The lowest BCUT2D eigenvalue weighted by molar-refractivity contribution is 0.616. The zero-order valence-corrected chi connectivity index (χ0v) is 8.22. The van der Waals surface area contributed by atoms with E-state index in [4.69, 9.17) is 5.73 Å². The Morgan fingerprint density at radius 2 is 2.29 bits per heavy atom. The summed E-state index contributed by atoms with van der Waals surface area (Å²) in [6, 6.07) is 6.52. The molecule has 0 bridgehead atoms. The van der Waals surface area contributed by atoms with Crippen LogP contribution < -0.4 is 11.2 Å². The van der Waals surface area contributed by atoms with Gasteiger partial charge in [0, 0.05) is 12.6 Å². The molecule has 14 heavy (non-hydrogen) atoms. The minimum absolute atomic E-state index is 0.0924. The normalized spacial score (nSPS) is 10.4. The fraction of sp³-hybridized carbons (Fsp3) is 0.111. The van der Waals surface area contributed by atoms with Gasteiger partial charge in [0.25, 0.3) is 0 Å². The van der Waals surface area contributed by atoms with E-state index in [2.05, 4.69) is 22.7 Å². The topological polar surface area (TPSA) is 50.4 Å². The first-order valence-electron chi connectivity index (χ1n) is 4.00. The van der Waals surface area contributed by atoms with Crippen LogP contribution in [-0.4, -0.2) is 11.3 Å². The molecule has 74 valence electrons. The van der Waals surface area contributed by atoms with E-state index in [9.17, 15) is 4.39 Å². The van der Waals surface area contributed by atoms with Crippen molar-refractivity contribution >= 4 is 23.5 Å². The fourth-order valence-electron chi connectivity index (χ4n) is 0.917. The minimum Gasteiger partial charge on any atom is -0.375 e. The number of halogens is 1. The zero-order chi connectivity index (χ0) is 10.4. The molecule has 0 heterocycles. The number of hydrogen-bond donors (Lipinski definition) is 2. The smallest absolute Gasteiger partial charge is 0.184 e. The maximum Gasteiger partial charge on any atom is 0.184 e. The highest BCUT2D eigenvalue weighted by Gasteiger charge is 1.96. The van der Waals surface area contributed by atoms with Crippen molar-refractivity contribution in [3.8, 4) is 0 Å². The number of rotatable bonds is 3. The van der Waals surface area contributed by atoms with E-state index in [0.717, 1.165) is 0 Å². The first-order valence-corrected chi connectivity index (χ1v) is 4.41. The molecule has 0 fully saturated rings. The highest BCUT2D eigenvalue weighted by Crippen LogP contribution is 2.05. The Labute approximate surface area is 86.8 Å². The van der Waals surface area contributed by atoms with Crippen LogP contribution in [0.1, 0.15) is 5.56 Å². The molecule has 3 nitrogen and oxygen atoms in total. The summed E-state index contributed by atoms with van der Waals surface area (Å²) in [6.45, 7) is 0. The van der Waals surface area contributed by atoms with Crippen LogP contribution in [0.4, 0.5) is 4.39 Å². The summed E-state index contributed by atoms with van der Waals surface area (Å²) in [7, 11) is 0. The number of nitrogens with one attached hydrogen (secondary N) is 1. The number of thiocarbonyl (C=S) groups is 1. The molecular weight excluding hydrogens is 201 g/mol. The molecule has 0 amide bonds. The molecule has 0 aliphatic carbocycles.